The summed E-state index contributed by atoms with van der Waals surface area (Å²) in [6, 6.07) is 17.3. The zero-order valence-corrected chi connectivity index (χ0v) is 21.7. The van der Waals surface area contributed by atoms with Gasteiger partial charge in [0.2, 0.25) is 0 Å². The number of pyridine rings is 3. The Morgan fingerprint density at radius 1 is 0.976 bits per heavy atom. The number of ether oxygens (including phenoxy) is 1. The number of carbonyl (C=O) groups is 1. The highest BCUT2D eigenvalue weighted by atomic mass is 32.1. The van der Waals surface area contributed by atoms with Crippen molar-refractivity contribution in [1.29, 1.82) is 0 Å². The van der Waals surface area contributed by atoms with Crippen LogP contribution >= 0.6 is 11.3 Å². The molecule has 202 valence electrons. The lowest BCUT2D eigenvalue weighted by Gasteiger charge is -2.12. The normalized spacial score (nSPS) is 11.0. The number of aromatic hydroxyl groups is 1. The van der Waals surface area contributed by atoms with E-state index in [2.05, 4.69) is 15.3 Å². The first-order valence-corrected chi connectivity index (χ1v) is 13.0. The summed E-state index contributed by atoms with van der Waals surface area (Å²) < 4.78 is 36.1. The minimum atomic E-state index is -0.950. The van der Waals surface area contributed by atoms with E-state index < -0.39 is 34.4 Å². The molecule has 8 nitrogen and oxygen atoms in total. The molecule has 0 atom stereocenters. The fraction of sp³-hybridized carbons (Fsp3) is 0. The SMILES string of the molecule is O=C(Nc1ccc(Oc2ccnc3cc(-c4cccnc4)sc23)c(F)c1)c1c(O)ccn(-c2ccc(F)cc2)c1=O. The largest absolute Gasteiger partial charge is 0.507 e. The number of halogens is 2. The van der Waals surface area contributed by atoms with Crippen molar-refractivity contribution in [1.82, 2.24) is 14.5 Å². The maximum Gasteiger partial charge on any atom is 0.271 e. The van der Waals surface area contributed by atoms with Crippen LogP contribution in [0.4, 0.5) is 14.5 Å². The molecule has 2 N–H and O–H groups in total. The van der Waals surface area contributed by atoms with Gasteiger partial charge < -0.3 is 15.2 Å². The molecule has 0 spiro atoms. The topological polar surface area (TPSA) is 106 Å². The van der Waals surface area contributed by atoms with Gasteiger partial charge in [-0.2, -0.15) is 0 Å². The first-order valence-electron chi connectivity index (χ1n) is 12.2. The fourth-order valence-corrected chi connectivity index (χ4v) is 5.22. The van der Waals surface area contributed by atoms with Crippen LogP contribution in [0.2, 0.25) is 0 Å². The van der Waals surface area contributed by atoms with Crippen molar-refractivity contribution >= 4 is 33.1 Å². The van der Waals surface area contributed by atoms with Gasteiger partial charge in [-0.15, -0.1) is 11.3 Å². The number of fused-ring (bicyclic) bond motifs is 1. The fourth-order valence-electron chi connectivity index (χ4n) is 4.16. The summed E-state index contributed by atoms with van der Waals surface area (Å²) in [7, 11) is 0. The Labute approximate surface area is 234 Å². The summed E-state index contributed by atoms with van der Waals surface area (Å²) in [6.07, 6.45) is 6.25. The lowest BCUT2D eigenvalue weighted by Crippen LogP contribution is -2.28. The molecule has 0 bridgehead atoms. The molecule has 0 saturated carbocycles. The van der Waals surface area contributed by atoms with Crippen molar-refractivity contribution in [2.45, 2.75) is 0 Å². The average Bonchev–Trinajstić information content (AvgIpc) is 3.41. The maximum absolute atomic E-state index is 15.1. The molecule has 41 heavy (non-hydrogen) atoms. The molecule has 4 aromatic heterocycles. The number of anilines is 1. The molecular formula is C30H18F2N4O4S. The van der Waals surface area contributed by atoms with Crippen molar-refractivity contribution in [2.75, 3.05) is 5.32 Å². The molecule has 6 aromatic rings. The number of hydrogen-bond acceptors (Lipinski definition) is 7. The predicted molar refractivity (Wildman–Crippen MR) is 151 cm³/mol. The van der Waals surface area contributed by atoms with Crippen molar-refractivity contribution < 1.29 is 23.4 Å². The quantitative estimate of drug-likeness (QED) is 0.236. The molecule has 1 amide bonds. The van der Waals surface area contributed by atoms with E-state index in [1.165, 1.54) is 41.8 Å². The van der Waals surface area contributed by atoms with Gasteiger partial charge in [0, 0.05) is 58.7 Å². The van der Waals surface area contributed by atoms with Crippen molar-refractivity contribution in [3.8, 4) is 33.4 Å². The Hall–Kier alpha value is -5.42. The minimum Gasteiger partial charge on any atom is -0.507 e. The molecule has 0 aliphatic heterocycles. The Kier molecular flexibility index (Phi) is 6.70. The molecule has 2 aromatic carbocycles. The van der Waals surface area contributed by atoms with Crippen LogP contribution in [0.15, 0.2) is 102 Å². The highest BCUT2D eigenvalue weighted by Gasteiger charge is 2.20. The van der Waals surface area contributed by atoms with Crippen molar-refractivity contribution in [3.63, 3.8) is 0 Å². The van der Waals surface area contributed by atoms with Crippen LogP contribution in [0.3, 0.4) is 0 Å². The van der Waals surface area contributed by atoms with E-state index in [1.807, 2.05) is 18.2 Å². The van der Waals surface area contributed by atoms with Crippen LogP contribution in [0.1, 0.15) is 10.4 Å². The highest BCUT2D eigenvalue weighted by Crippen LogP contribution is 2.39. The zero-order chi connectivity index (χ0) is 28.5. The number of amides is 1. The van der Waals surface area contributed by atoms with Gasteiger partial charge in [-0.3, -0.25) is 24.1 Å². The molecule has 0 saturated heterocycles. The smallest absolute Gasteiger partial charge is 0.271 e. The highest BCUT2D eigenvalue weighted by molar-refractivity contribution is 7.22. The van der Waals surface area contributed by atoms with Crippen molar-refractivity contribution in [3.05, 3.63) is 125 Å². The summed E-state index contributed by atoms with van der Waals surface area (Å²) in [5, 5.41) is 12.7. The molecular weight excluding hydrogens is 550 g/mol. The van der Waals surface area contributed by atoms with Gasteiger partial charge in [-0.1, -0.05) is 6.07 Å². The second kappa shape index (κ2) is 10.6. The van der Waals surface area contributed by atoms with Gasteiger partial charge in [-0.05, 0) is 54.6 Å². The molecule has 0 fully saturated rings. The van der Waals surface area contributed by atoms with Crippen LogP contribution in [-0.4, -0.2) is 25.5 Å². The minimum absolute atomic E-state index is 0.0331. The van der Waals surface area contributed by atoms with E-state index in [0.29, 0.717) is 17.0 Å². The Bertz CT molecular complexity index is 1980. The zero-order valence-electron chi connectivity index (χ0n) is 20.9. The number of nitrogens with zero attached hydrogens (tertiary/aromatic N) is 3. The van der Waals surface area contributed by atoms with E-state index >= 15 is 4.39 Å². The number of nitrogens with one attached hydrogen (secondary N) is 1. The number of carbonyl (C=O) groups excluding carboxylic acids is 1. The Balaban J connectivity index is 1.24. The number of aromatic nitrogens is 3. The first-order chi connectivity index (χ1) is 19.9. The summed E-state index contributed by atoms with van der Waals surface area (Å²) in [6.45, 7) is 0. The van der Waals surface area contributed by atoms with E-state index in [1.54, 1.807) is 24.7 Å². The molecule has 0 unspecified atom stereocenters. The van der Waals surface area contributed by atoms with Gasteiger partial charge in [0.05, 0.1) is 10.2 Å². The van der Waals surface area contributed by atoms with Gasteiger partial charge in [0.25, 0.3) is 11.5 Å². The third kappa shape index (κ3) is 5.13. The molecule has 4 heterocycles. The second-order valence-corrected chi connectivity index (χ2v) is 9.86. The lowest BCUT2D eigenvalue weighted by molar-refractivity contribution is 0.102. The first kappa shape index (κ1) is 25.8. The van der Waals surface area contributed by atoms with Gasteiger partial charge >= 0.3 is 0 Å². The van der Waals surface area contributed by atoms with Crippen LogP contribution in [0.5, 0.6) is 17.2 Å². The summed E-state index contributed by atoms with van der Waals surface area (Å²) >= 11 is 1.43. The summed E-state index contributed by atoms with van der Waals surface area (Å²) in [5.41, 5.74) is 0.537. The van der Waals surface area contributed by atoms with Gasteiger partial charge in [0.1, 0.15) is 22.9 Å². The maximum atomic E-state index is 15.1. The van der Waals surface area contributed by atoms with E-state index in [-0.39, 0.29) is 11.4 Å². The Morgan fingerprint density at radius 2 is 1.80 bits per heavy atom. The number of hydrogen-bond donors (Lipinski definition) is 2. The molecule has 11 heteroatoms. The molecule has 0 radical (unpaired) electrons. The average molecular weight is 569 g/mol. The second-order valence-electron chi connectivity index (χ2n) is 8.80. The van der Waals surface area contributed by atoms with Crippen LogP contribution in [-0.2, 0) is 0 Å². The molecule has 0 aliphatic rings. The van der Waals surface area contributed by atoms with Gasteiger partial charge in [-0.25, -0.2) is 8.78 Å². The third-order valence-electron chi connectivity index (χ3n) is 6.13. The molecule has 0 aliphatic carbocycles. The predicted octanol–water partition coefficient (Wildman–Crippen LogP) is 6.54. The number of rotatable bonds is 6. The van der Waals surface area contributed by atoms with Crippen molar-refractivity contribution in [2.24, 2.45) is 0 Å². The van der Waals surface area contributed by atoms with Gasteiger partial charge in [0.15, 0.2) is 11.6 Å². The van der Waals surface area contributed by atoms with E-state index in [9.17, 15) is 19.1 Å². The summed E-state index contributed by atoms with van der Waals surface area (Å²) in [5.74, 6) is -2.46. The van der Waals surface area contributed by atoms with Crippen LogP contribution < -0.4 is 15.6 Å². The molecule has 6 rings (SSSR count). The number of benzene rings is 2. The van der Waals surface area contributed by atoms with Crippen LogP contribution in [0.25, 0.3) is 26.3 Å². The standard InChI is InChI=1S/C30H18F2N4O4S/c31-18-3-6-20(7-4-18)36-13-10-23(37)27(30(36)39)29(38)35-19-5-8-24(21(32)14-19)40-25-9-12-34-22-15-26(41-28(22)25)17-2-1-11-33-16-17/h1-16,37H,(H,35,38). The number of thiophene rings is 1. The monoisotopic (exact) mass is 568 g/mol. The lowest BCUT2D eigenvalue weighted by atomic mass is 10.2. The summed E-state index contributed by atoms with van der Waals surface area (Å²) in [4.78, 5) is 35.4. The van der Waals surface area contributed by atoms with Crippen LogP contribution in [0, 0.1) is 11.6 Å². The Morgan fingerprint density at radius 3 is 2.56 bits per heavy atom. The van der Waals surface area contributed by atoms with E-state index in [0.717, 1.165) is 44.0 Å². The third-order valence-corrected chi connectivity index (χ3v) is 7.32. The van der Waals surface area contributed by atoms with E-state index in [4.69, 9.17) is 4.74 Å².